The van der Waals surface area contributed by atoms with Gasteiger partial charge in [-0.1, -0.05) is 170 Å². The average molecular weight is 720 g/mol. The Balaban J connectivity index is 1.28. The highest BCUT2D eigenvalue weighted by Crippen LogP contribution is 2.53. The molecule has 0 radical (unpaired) electrons. The van der Waals surface area contributed by atoms with Crippen molar-refractivity contribution in [2.45, 2.75) is 0 Å². The van der Waals surface area contributed by atoms with E-state index in [0.717, 1.165) is 49.0 Å². The maximum absolute atomic E-state index is 15.3. The number of aromatic nitrogens is 1. The Bertz CT molecular complexity index is 2930. The van der Waals surface area contributed by atoms with E-state index < -0.39 is 7.14 Å². The van der Waals surface area contributed by atoms with Crippen molar-refractivity contribution < 1.29 is 4.57 Å². The zero-order valence-corrected chi connectivity index (χ0v) is 30.5. The second-order valence-electron chi connectivity index (χ2n) is 13.0. The lowest BCUT2D eigenvalue weighted by molar-refractivity contribution is 0.592. The van der Waals surface area contributed by atoms with Gasteiger partial charge in [0.15, 0.2) is 7.14 Å². The van der Waals surface area contributed by atoms with Gasteiger partial charge in [-0.2, -0.15) is 0 Å². The second kappa shape index (κ2) is 12.5. The number of rotatable bonds is 6. The molecule has 7 aromatic carbocycles. The first-order valence-electron chi connectivity index (χ1n) is 17.3. The van der Waals surface area contributed by atoms with Crippen LogP contribution in [-0.4, -0.2) is 4.98 Å². The fraction of sp³-hybridized carbons (Fsp3) is 0. The van der Waals surface area contributed by atoms with Crippen LogP contribution in [0.4, 0.5) is 0 Å². The van der Waals surface area contributed by atoms with Gasteiger partial charge < -0.3 is 4.57 Å². The molecule has 52 heavy (non-hydrogen) atoms. The third-order valence-corrected chi connectivity index (χ3v) is 15.5. The fourth-order valence-corrected chi connectivity index (χ4v) is 12.8. The highest BCUT2D eigenvalue weighted by atomic mass is 32.1. The second-order valence-corrected chi connectivity index (χ2v) is 17.8. The van der Waals surface area contributed by atoms with Crippen molar-refractivity contribution in [2.75, 3.05) is 0 Å². The summed E-state index contributed by atoms with van der Waals surface area (Å²) in [5.74, 6) is 0. The summed E-state index contributed by atoms with van der Waals surface area (Å²) in [5.41, 5.74) is 6.55. The highest BCUT2D eigenvalue weighted by Gasteiger charge is 2.30. The van der Waals surface area contributed by atoms with E-state index in [1.807, 2.05) is 83.3 Å². The highest BCUT2D eigenvalue weighted by molar-refractivity contribution is 7.85. The van der Waals surface area contributed by atoms with Gasteiger partial charge >= 0.3 is 0 Å². The molecule has 0 unspecified atom stereocenters. The summed E-state index contributed by atoms with van der Waals surface area (Å²) in [6, 6.07) is 62.8. The lowest BCUT2D eigenvalue weighted by atomic mass is 9.94. The SMILES string of the molecule is O=P(c1ccccc1)(c1ccccc1)c1ccc(-c2sc3c(c(-c4ccccc4)nc4ccccc43)c2-c2cccc3c2sc2ccccc23)cc1. The number of para-hydroxylation sites is 1. The van der Waals surface area contributed by atoms with E-state index in [9.17, 15) is 0 Å². The number of nitrogens with zero attached hydrogens (tertiary/aromatic N) is 1. The van der Waals surface area contributed by atoms with Crippen LogP contribution in [0.25, 0.3) is 74.0 Å². The topological polar surface area (TPSA) is 30.0 Å². The summed E-state index contributed by atoms with van der Waals surface area (Å²) in [4.78, 5) is 6.55. The van der Waals surface area contributed by atoms with Crippen LogP contribution in [0.2, 0.25) is 0 Å². The number of fused-ring (bicyclic) bond motifs is 6. The van der Waals surface area contributed by atoms with Gasteiger partial charge in [0, 0.05) is 73.1 Å². The molecule has 0 N–H and O–H groups in total. The minimum absolute atomic E-state index is 0.819. The number of hydrogen-bond acceptors (Lipinski definition) is 4. The third-order valence-electron chi connectivity index (χ3n) is 9.98. The van der Waals surface area contributed by atoms with E-state index in [-0.39, 0.29) is 0 Å². The summed E-state index contributed by atoms with van der Waals surface area (Å²) < 4.78 is 19.0. The number of benzene rings is 7. The smallest absolute Gasteiger partial charge is 0.171 e. The van der Waals surface area contributed by atoms with Gasteiger partial charge in [-0.05, 0) is 17.7 Å². The van der Waals surface area contributed by atoms with Gasteiger partial charge in [0.05, 0.1) is 11.2 Å². The Morgan fingerprint density at radius 3 is 1.73 bits per heavy atom. The molecule has 0 bridgehead atoms. The Morgan fingerprint density at radius 2 is 1.02 bits per heavy atom. The number of thiophene rings is 2. The van der Waals surface area contributed by atoms with Gasteiger partial charge in [0.2, 0.25) is 0 Å². The molecule has 0 amide bonds. The summed E-state index contributed by atoms with van der Waals surface area (Å²) >= 11 is 3.68. The van der Waals surface area contributed by atoms with Gasteiger partial charge in [-0.15, -0.1) is 22.7 Å². The molecule has 0 saturated heterocycles. The summed E-state index contributed by atoms with van der Waals surface area (Å²) in [7, 11) is -3.12. The largest absolute Gasteiger partial charge is 0.309 e. The van der Waals surface area contributed by atoms with Crippen LogP contribution in [0, 0.1) is 0 Å². The number of hydrogen-bond donors (Lipinski definition) is 0. The minimum Gasteiger partial charge on any atom is -0.309 e. The third kappa shape index (κ3) is 4.91. The lowest BCUT2D eigenvalue weighted by Crippen LogP contribution is -2.24. The van der Waals surface area contributed by atoms with E-state index in [1.165, 1.54) is 40.9 Å². The average Bonchev–Trinajstić information content (AvgIpc) is 3.81. The van der Waals surface area contributed by atoms with E-state index >= 15 is 4.57 Å². The minimum atomic E-state index is -3.12. The molecule has 10 aromatic rings. The van der Waals surface area contributed by atoms with Crippen LogP contribution < -0.4 is 15.9 Å². The fourth-order valence-electron chi connectivity index (χ4n) is 7.54. The van der Waals surface area contributed by atoms with Crippen molar-refractivity contribution in [3.05, 3.63) is 182 Å². The normalized spacial score (nSPS) is 11.9. The van der Waals surface area contributed by atoms with Crippen LogP contribution in [0.3, 0.4) is 0 Å². The van der Waals surface area contributed by atoms with Crippen LogP contribution in [-0.2, 0) is 4.57 Å². The zero-order chi connectivity index (χ0) is 34.6. The van der Waals surface area contributed by atoms with Crippen molar-refractivity contribution >= 4 is 86.9 Å². The quantitative estimate of drug-likeness (QED) is 0.160. The molecule has 10 rings (SSSR count). The van der Waals surface area contributed by atoms with Crippen molar-refractivity contribution in [2.24, 2.45) is 0 Å². The predicted octanol–water partition coefficient (Wildman–Crippen LogP) is 12.5. The first kappa shape index (κ1) is 31.1. The Morgan fingerprint density at radius 1 is 0.442 bits per heavy atom. The Hall–Kier alpha value is -5.64. The van der Waals surface area contributed by atoms with Crippen LogP contribution in [0.5, 0.6) is 0 Å². The molecule has 246 valence electrons. The molecule has 0 saturated carbocycles. The van der Waals surface area contributed by atoms with E-state index in [0.29, 0.717) is 0 Å². The molecule has 0 aliphatic rings. The monoisotopic (exact) mass is 719 g/mol. The van der Waals surface area contributed by atoms with E-state index in [4.69, 9.17) is 4.98 Å². The van der Waals surface area contributed by atoms with Crippen molar-refractivity contribution in [3.8, 4) is 32.8 Å². The molecule has 3 heterocycles. The molecule has 3 aromatic heterocycles. The summed E-state index contributed by atoms with van der Waals surface area (Å²) in [6.07, 6.45) is 0. The van der Waals surface area contributed by atoms with Gasteiger partial charge in [-0.3, -0.25) is 0 Å². The maximum Gasteiger partial charge on any atom is 0.171 e. The molecular formula is C47H30NOPS2. The lowest BCUT2D eigenvalue weighted by Gasteiger charge is -2.20. The first-order chi connectivity index (χ1) is 25.7. The molecule has 0 aliphatic heterocycles. The maximum atomic E-state index is 15.3. The predicted molar refractivity (Wildman–Crippen MR) is 226 cm³/mol. The van der Waals surface area contributed by atoms with E-state index in [1.54, 1.807) is 0 Å². The zero-order valence-electron chi connectivity index (χ0n) is 27.9. The van der Waals surface area contributed by atoms with Gasteiger partial charge in [0.25, 0.3) is 0 Å². The Kier molecular flexibility index (Phi) is 7.51. The molecular weight excluding hydrogens is 690 g/mol. The van der Waals surface area contributed by atoms with Crippen LogP contribution in [0.15, 0.2) is 182 Å². The molecule has 0 spiro atoms. The summed E-state index contributed by atoms with van der Waals surface area (Å²) in [5, 5.41) is 7.33. The molecule has 0 aliphatic carbocycles. The van der Waals surface area contributed by atoms with Gasteiger partial charge in [0.1, 0.15) is 0 Å². The van der Waals surface area contributed by atoms with Gasteiger partial charge in [-0.25, -0.2) is 4.98 Å². The van der Waals surface area contributed by atoms with Crippen LogP contribution >= 0.6 is 29.8 Å². The molecule has 0 atom stereocenters. The van der Waals surface area contributed by atoms with Crippen molar-refractivity contribution in [1.82, 2.24) is 4.98 Å². The number of pyridine rings is 1. The Labute approximate surface area is 309 Å². The first-order valence-corrected chi connectivity index (χ1v) is 20.7. The molecule has 5 heteroatoms. The standard InChI is InChI=1S/C47H30NOPS2/c49-50(33-17-6-2-7-18-33,34-19-8-3-9-20-34)35-29-27-32(28-30-35)45-42(39-24-14-23-37-36-21-11-13-26-41(36)51-46(37)39)43-44(31-15-4-1-5-16-31)48-40-25-12-10-22-38(40)47(43)52-45/h1-30H. The molecule has 2 nitrogen and oxygen atoms in total. The van der Waals surface area contributed by atoms with Crippen molar-refractivity contribution in [3.63, 3.8) is 0 Å². The molecule has 0 fully saturated rings. The van der Waals surface area contributed by atoms with Crippen molar-refractivity contribution in [1.29, 1.82) is 0 Å². The van der Waals surface area contributed by atoms with E-state index in [2.05, 4.69) is 121 Å². The summed E-state index contributed by atoms with van der Waals surface area (Å²) in [6.45, 7) is 0. The van der Waals surface area contributed by atoms with Crippen LogP contribution in [0.1, 0.15) is 0 Å².